The highest BCUT2D eigenvalue weighted by molar-refractivity contribution is 5.81. The summed E-state index contributed by atoms with van der Waals surface area (Å²) in [6.45, 7) is 10.7. The summed E-state index contributed by atoms with van der Waals surface area (Å²) in [5, 5.41) is 10.7. The molecule has 1 heterocycles. The summed E-state index contributed by atoms with van der Waals surface area (Å²) in [4.78, 5) is 11.8. The number of nitrogens with zero attached hydrogens (tertiary/aromatic N) is 2. The molecule has 114 valence electrons. The van der Waals surface area contributed by atoms with E-state index < -0.39 is 0 Å². The van der Waals surface area contributed by atoms with Crippen LogP contribution in [0.1, 0.15) is 59.2 Å². The molecule has 2 N–H and O–H groups in total. The van der Waals surface area contributed by atoms with Crippen LogP contribution in [-0.2, 0) is 11.3 Å². The second-order valence-corrected chi connectivity index (χ2v) is 5.52. The summed E-state index contributed by atoms with van der Waals surface area (Å²) in [5.74, 6) is 0.0272. The van der Waals surface area contributed by atoms with Crippen molar-refractivity contribution in [3.63, 3.8) is 0 Å². The highest BCUT2D eigenvalue weighted by Crippen LogP contribution is 2.14. The average molecular weight is 280 g/mol. The molecule has 1 atom stereocenters. The van der Waals surface area contributed by atoms with Crippen LogP contribution in [-0.4, -0.2) is 27.8 Å². The van der Waals surface area contributed by atoms with E-state index in [0.717, 1.165) is 18.5 Å². The predicted octanol–water partition coefficient (Wildman–Crippen LogP) is 2.25. The zero-order valence-electron chi connectivity index (χ0n) is 13.3. The minimum Gasteiger partial charge on any atom is -0.353 e. The smallest absolute Gasteiger partial charge is 0.237 e. The van der Waals surface area contributed by atoms with E-state index in [1.807, 2.05) is 37.7 Å². The van der Waals surface area contributed by atoms with Crippen molar-refractivity contribution in [3.8, 4) is 0 Å². The molecule has 0 aliphatic carbocycles. The maximum Gasteiger partial charge on any atom is 0.237 e. The van der Waals surface area contributed by atoms with E-state index in [0.29, 0.717) is 12.6 Å². The topological polar surface area (TPSA) is 59.0 Å². The van der Waals surface area contributed by atoms with Crippen molar-refractivity contribution >= 4 is 5.91 Å². The van der Waals surface area contributed by atoms with Gasteiger partial charge < -0.3 is 10.6 Å². The molecule has 1 rings (SSSR count). The Morgan fingerprint density at radius 3 is 2.50 bits per heavy atom. The van der Waals surface area contributed by atoms with Crippen LogP contribution < -0.4 is 10.6 Å². The molecule has 0 radical (unpaired) electrons. The van der Waals surface area contributed by atoms with Gasteiger partial charge in [-0.1, -0.05) is 13.8 Å². The molecular weight excluding hydrogens is 252 g/mol. The molecule has 0 aromatic carbocycles. The lowest BCUT2D eigenvalue weighted by Crippen LogP contribution is -2.44. The van der Waals surface area contributed by atoms with Gasteiger partial charge in [-0.3, -0.25) is 9.48 Å². The predicted molar refractivity (Wildman–Crippen MR) is 81.4 cm³/mol. The van der Waals surface area contributed by atoms with E-state index in [2.05, 4.69) is 29.6 Å². The molecule has 0 spiro atoms. The van der Waals surface area contributed by atoms with Gasteiger partial charge in [0, 0.05) is 18.8 Å². The third-order valence-corrected chi connectivity index (χ3v) is 3.39. The highest BCUT2D eigenvalue weighted by atomic mass is 16.2. The first-order valence-electron chi connectivity index (χ1n) is 7.55. The van der Waals surface area contributed by atoms with E-state index in [4.69, 9.17) is 0 Å². The minimum atomic E-state index is -0.212. The van der Waals surface area contributed by atoms with Crippen LogP contribution in [0.4, 0.5) is 0 Å². The molecule has 0 fully saturated rings. The Kier molecular flexibility index (Phi) is 6.71. The van der Waals surface area contributed by atoms with Gasteiger partial charge in [0.05, 0.1) is 17.8 Å². The molecule has 0 saturated carbocycles. The standard InChI is InChI=1S/C15H28N4O/c1-6-14(7-2)19-9-8-13(18-19)10-16-12(5)15(20)17-11(3)4/h8-9,11-12,14,16H,6-7,10H2,1-5H3,(H,17,20). The Labute approximate surface area is 122 Å². The zero-order valence-corrected chi connectivity index (χ0v) is 13.3. The lowest BCUT2D eigenvalue weighted by molar-refractivity contribution is -0.123. The fraction of sp³-hybridized carbons (Fsp3) is 0.733. The second-order valence-electron chi connectivity index (χ2n) is 5.52. The van der Waals surface area contributed by atoms with Crippen molar-refractivity contribution < 1.29 is 4.79 Å². The summed E-state index contributed by atoms with van der Waals surface area (Å²) in [6.07, 6.45) is 4.18. The molecule has 1 aromatic rings. The largest absolute Gasteiger partial charge is 0.353 e. The fourth-order valence-corrected chi connectivity index (χ4v) is 2.10. The SMILES string of the molecule is CCC(CC)n1ccc(CNC(C)C(=O)NC(C)C)n1. The Balaban J connectivity index is 2.48. The third kappa shape index (κ3) is 4.96. The summed E-state index contributed by atoms with van der Waals surface area (Å²) < 4.78 is 2.02. The number of rotatable bonds is 8. The lowest BCUT2D eigenvalue weighted by Gasteiger charge is -2.15. The number of carbonyl (C=O) groups excluding carboxylic acids is 1. The van der Waals surface area contributed by atoms with Crippen LogP contribution in [0.3, 0.4) is 0 Å². The van der Waals surface area contributed by atoms with Crippen LogP contribution in [0.25, 0.3) is 0 Å². The van der Waals surface area contributed by atoms with E-state index in [1.165, 1.54) is 0 Å². The summed E-state index contributed by atoms with van der Waals surface area (Å²) >= 11 is 0. The van der Waals surface area contributed by atoms with Gasteiger partial charge in [0.2, 0.25) is 5.91 Å². The van der Waals surface area contributed by atoms with Crippen molar-refractivity contribution in [1.29, 1.82) is 0 Å². The van der Waals surface area contributed by atoms with Gasteiger partial charge in [-0.05, 0) is 39.7 Å². The number of carbonyl (C=O) groups is 1. The normalized spacial score (nSPS) is 12.9. The Morgan fingerprint density at radius 2 is 1.95 bits per heavy atom. The lowest BCUT2D eigenvalue weighted by atomic mass is 10.2. The maximum atomic E-state index is 11.8. The van der Waals surface area contributed by atoms with Gasteiger partial charge in [-0.2, -0.15) is 5.10 Å². The molecule has 1 aromatic heterocycles. The molecule has 0 saturated heterocycles. The molecule has 0 aliphatic heterocycles. The Hall–Kier alpha value is -1.36. The van der Waals surface area contributed by atoms with Gasteiger partial charge >= 0.3 is 0 Å². The first kappa shape index (κ1) is 16.7. The number of hydrogen-bond donors (Lipinski definition) is 2. The number of aromatic nitrogens is 2. The maximum absolute atomic E-state index is 11.8. The molecule has 20 heavy (non-hydrogen) atoms. The minimum absolute atomic E-state index is 0.0272. The van der Waals surface area contributed by atoms with Crippen molar-refractivity contribution in [3.05, 3.63) is 18.0 Å². The van der Waals surface area contributed by atoms with Crippen molar-refractivity contribution in [2.24, 2.45) is 0 Å². The van der Waals surface area contributed by atoms with Gasteiger partial charge in [0.25, 0.3) is 0 Å². The van der Waals surface area contributed by atoms with Crippen LogP contribution in [0.2, 0.25) is 0 Å². The van der Waals surface area contributed by atoms with Crippen molar-refractivity contribution in [2.75, 3.05) is 0 Å². The van der Waals surface area contributed by atoms with Gasteiger partial charge in [0.15, 0.2) is 0 Å². The van der Waals surface area contributed by atoms with Gasteiger partial charge in [-0.25, -0.2) is 0 Å². The number of amides is 1. The molecule has 5 nitrogen and oxygen atoms in total. The Bertz CT molecular complexity index is 410. The van der Waals surface area contributed by atoms with Crippen LogP contribution in [0.5, 0.6) is 0 Å². The van der Waals surface area contributed by atoms with Gasteiger partial charge in [0.1, 0.15) is 0 Å². The molecule has 5 heteroatoms. The Morgan fingerprint density at radius 1 is 1.30 bits per heavy atom. The zero-order chi connectivity index (χ0) is 15.1. The van der Waals surface area contributed by atoms with Crippen LogP contribution >= 0.6 is 0 Å². The molecule has 0 bridgehead atoms. The molecule has 0 aliphatic rings. The first-order valence-corrected chi connectivity index (χ1v) is 7.55. The summed E-state index contributed by atoms with van der Waals surface area (Å²) in [7, 11) is 0. The van der Waals surface area contributed by atoms with Crippen LogP contribution in [0, 0.1) is 0 Å². The molecule has 1 unspecified atom stereocenters. The average Bonchev–Trinajstić information content (AvgIpc) is 2.85. The number of hydrogen-bond acceptors (Lipinski definition) is 3. The monoisotopic (exact) mass is 280 g/mol. The number of nitrogens with one attached hydrogen (secondary N) is 2. The van der Waals surface area contributed by atoms with E-state index in [-0.39, 0.29) is 18.0 Å². The third-order valence-electron chi connectivity index (χ3n) is 3.39. The second kappa shape index (κ2) is 8.04. The van der Waals surface area contributed by atoms with Crippen molar-refractivity contribution in [2.45, 2.75) is 72.1 Å². The quantitative estimate of drug-likeness (QED) is 0.768. The van der Waals surface area contributed by atoms with Crippen molar-refractivity contribution in [1.82, 2.24) is 20.4 Å². The van der Waals surface area contributed by atoms with E-state index in [9.17, 15) is 4.79 Å². The highest BCUT2D eigenvalue weighted by Gasteiger charge is 2.14. The fourth-order valence-electron chi connectivity index (χ4n) is 2.10. The van der Waals surface area contributed by atoms with Crippen LogP contribution in [0.15, 0.2) is 12.3 Å². The van der Waals surface area contributed by atoms with E-state index in [1.54, 1.807) is 0 Å². The molecular formula is C15H28N4O. The summed E-state index contributed by atoms with van der Waals surface area (Å²) in [5.41, 5.74) is 0.973. The van der Waals surface area contributed by atoms with E-state index >= 15 is 0 Å². The van der Waals surface area contributed by atoms with Gasteiger partial charge in [-0.15, -0.1) is 0 Å². The summed E-state index contributed by atoms with van der Waals surface area (Å²) in [6, 6.07) is 2.43. The first-order chi connectivity index (χ1) is 9.47. The molecule has 1 amide bonds.